The fraction of sp³-hybridized carbons (Fsp3) is 1.00. The molecule has 0 bridgehead atoms. The summed E-state index contributed by atoms with van der Waals surface area (Å²) in [7, 11) is 0. The third-order valence-electron chi connectivity index (χ3n) is 4.27. The van der Waals surface area contributed by atoms with Crippen molar-refractivity contribution in [3.8, 4) is 0 Å². The van der Waals surface area contributed by atoms with Crippen LogP contribution < -0.4 is 5.32 Å². The Morgan fingerprint density at radius 2 is 2.21 bits per heavy atom. The summed E-state index contributed by atoms with van der Waals surface area (Å²) < 4.78 is 5.93. The highest BCUT2D eigenvalue weighted by atomic mass is 16.5. The second-order valence-corrected chi connectivity index (χ2v) is 5.46. The van der Waals surface area contributed by atoms with Crippen LogP contribution in [0.3, 0.4) is 0 Å². The van der Waals surface area contributed by atoms with Crippen LogP contribution in [0.2, 0.25) is 0 Å². The van der Waals surface area contributed by atoms with Gasteiger partial charge < -0.3 is 10.1 Å². The zero-order valence-corrected chi connectivity index (χ0v) is 9.64. The molecular weight excluding hydrogens is 174 g/mol. The van der Waals surface area contributed by atoms with Gasteiger partial charge in [-0.05, 0) is 39.0 Å². The van der Waals surface area contributed by atoms with Crippen LogP contribution in [-0.4, -0.2) is 25.3 Å². The minimum atomic E-state index is 0.170. The molecule has 14 heavy (non-hydrogen) atoms. The first kappa shape index (κ1) is 10.4. The highest BCUT2D eigenvalue weighted by Gasteiger charge is 2.44. The van der Waals surface area contributed by atoms with Crippen molar-refractivity contribution in [3.05, 3.63) is 0 Å². The smallest absolute Gasteiger partial charge is 0.0814 e. The summed E-state index contributed by atoms with van der Waals surface area (Å²) in [5, 5.41) is 2.50. The van der Waals surface area contributed by atoms with E-state index in [0.717, 1.165) is 13.0 Å². The van der Waals surface area contributed by atoms with E-state index >= 15 is 0 Å². The third-order valence-corrected chi connectivity index (χ3v) is 4.27. The van der Waals surface area contributed by atoms with Crippen molar-refractivity contribution in [2.45, 2.75) is 51.6 Å². The highest BCUT2D eigenvalue weighted by molar-refractivity contribution is 4.92. The van der Waals surface area contributed by atoms with E-state index in [1.807, 2.05) is 0 Å². The molecule has 2 aliphatic heterocycles. The Morgan fingerprint density at radius 1 is 1.36 bits per heavy atom. The summed E-state index contributed by atoms with van der Waals surface area (Å²) in [6.07, 6.45) is 6.57. The van der Waals surface area contributed by atoms with Crippen molar-refractivity contribution < 1.29 is 10.1 Å². The quantitative estimate of drug-likeness (QED) is 0.675. The summed E-state index contributed by atoms with van der Waals surface area (Å²) in [6, 6.07) is 0. The summed E-state index contributed by atoms with van der Waals surface area (Å²) in [6.45, 7) is 8.21. The Morgan fingerprint density at radius 3 is 2.86 bits per heavy atom. The molecule has 0 aromatic rings. The first-order valence-electron chi connectivity index (χ1n) is 6.14. The zero-order chi connectivity index (χ0) is 10.1. The highest BCUT2D eigenvalue weighted by Crippen LogP contribution is 2.43. The summed E-state index contributed by atoms with van der Waals surface area (Å²) in [5.74, 6) is 0. The van der Waals surface area contributed by atoms with Gasteiger partial charge in [0.1, 0.15) is 0 Å². The number of rotatable bonds is 1. The van der Waals surface area contributed by atoms with Crippen molar-refractivity contribution >= 4 is 0 Å². The molecule has 2 fully saturated rings. The van der Waals surface area contributed by atoms with Gasteiger partial charge in [0.2, 0.25) is 0 Å². The molecule has 2 rings (SSSR count). The average molecular weight is 198 g/mol. The van der Waals surface area contributed by atoms with Gasteiger partial charge in [-0.2, -0.15) is 0 Å². The Balaban J connectivity index is 2.04. The van der Waals surface area contributed by atoms with Crippen molar-refractivity contribution in [2.24, 2.45) is 5.41 Å². The average Bonchev–Trinajstić information content (AvgIpc) is 2.19. The maximum Gasteiger partial charge on any atom is 0.0814 e. The molecule has 2 heterocycles. The first-order chi connectivity index (χ1) is 6.68. The summed E-state index contributed by atoms with van der Waals surface area (Å²) in [5.41, 5.74) is 0.782. The molecular formula is C12H24NO+. The van der Waals surface area contributed by atoms with Gasteiger partial charge >= 0.3 is 0 Å². The SMILES string of the molecule is CC[C@@]1(C)C[C@]2(CCC[NH2+]C2)CCO1. The van der Waals surface area contributed by atoms with Crippen LogP contribution in [0.5, 0.6) is 0 Å². The lowest BCUT2D eigenvalue weighted by Crippen LogP contribution is -2.89. The summed E-state index contributed by atoms with van der Waals surface area (Å²) >= 11 is 0. The molecule has 2 atom stereocenters. The maximum atomic E-state index is 5.93. The number of quaternary nitrogens is 1. The fourth-order valence-electron chi connectivity index (χ4n) is 3.19. The minimum absolute atomic E-state index is 0.170. The van der Waals surface area contributed by atoms with Crippen molar-refractivity contribution in [1.82, 2.24) is 0 Å². The van der Waals surface area contributed by atoms with Crippen LogP contribution >= 0.6 is 0 Å². The fourth-order valence-corrected chi connectivity index (χ4v) is 3.19. The summed E-state index contributed by atoms with van der Waals surface area (Å²) in [4.78, 5) is 0. The van der Waals surface area contributed by atoms with Gasteiger partial charge in [0.15, 0.2) is 0 Å². The van der Waals surface area contributed by atoms with Gasteiger partial charge in [0.05, 0.1) is 18.7 Å². The topological polar surface area (TPSA) is 25.8 Å². The molecule has 2 heteroatoms. The van der Waals surface area contributed by atoms with E-state index in [1.54, 1.807) is 0 Å². The molecule has 0 aromatic heterocycles. The molecule has 0 aliphatic carbocycles. The molecule has 1 spiro atoms. The van der Waals surface area contributed by atoms with Crippen LogP contribution in [0, 0.1) is 5.41 Å². The maximum absolute atomic E-state index is 5.93. The molecule has 2 N–H and O–H groups in total. The molecule has 2 nitrogen and oxygen atoms in total. The zero-order valence-electron chi connectivity index (χ0n) is 9.64. The number of hydrogen-bond acceptors (Lipinski definition) is 1. The minimum Gasteiger partial charge on any atom is -0.375 e. The van der Waals surface area contributed by atoms with Gasteiger partial charge in [0, 0.05) is 12.0 Å². The monoisotopic (exact) mass is 198 g/mol. The second kappa shape index (κ2) is 3.82. The third kappa shape index (κ3) is 1.96. The lowest BCUT2D eigenvalue weighted by atomic mass is 9.68. The van der Waals surface area contributed by atoms with Crippen molar-refractivity contribution in [3.63, 3.8) is 0 Å². The van der Waals surface area contributed by atoms with Crippen molar-refractivity contribution in [1.29, 1.82) is 0 Å². The lowest BCUT2D eigenvalue weighted by molar-refractivity contribution is -0.678. The van der Waals surface area contributed by atoms with E-state index in [1.165, 1.54) is 38.8 Å². The largest absolute Gasteiger partial charge is 0.375 e. The number of nitrogens with two attached hydrogens (primary N) is 1. The standard InChI is InChI=1S/C12H23NO/c1-3-11(2)9-12(6-8-14-11)5-4-7-13-10-12/h13H,3-10H2,1-2H3/p+1/t11-,12-/m0/s1. The van der Waals surface area contributed by atoms with E-state index in [4.69, 9.17) is 4.74 Å². The van der Waals surface area contributed by atoms with Crippen LogP contribution in [-0.2, 0) is 4.74 Å². The van der Waals surface area contributed by atoms with Crippen LogP contribution in [0.1, 0.15) is 46.0 Å². The Bertz CT molecular complexity index is 193. The molecule has 0 amide bonds. The predicted molar refractivity (Wildman–Crippen MR) is 57.2 cm³/mol. The number of hydrogen-bond donors (Lipinski definition) is 1. The number of ether oxygens (including phenoxy) is 1. The second-order valence-electron chi connectivity index (χ2n) is 5.46. The first-order valence-corrected chi connectivity index (χ1v) is 6.14. The molecule has 2 saturated heterocycles. The molecule has 0 radical (unpaired) electrons. The number of piperidine rings is 1. The Hall–Kier alpha value is -0.0800. The van der Waals surface area contributed by atoms with E-state index < -0.39 is 0 Å². The molecule has 0 saturated carbocycles. The van der Waals surface area contributed by atoms with Gasteiger partial charge in [-0.15, -0.1) is 0 Å². The van der Waals surface area contributed by atoms with Crippen LogP contribution in [0.15, 0.2) is 0 Å². The van der Waals surface area contributed by atoms with Crippen LogP contribution in [0.4, 0.5) is 0 Å². The van der Waals surface area contributed by atoms with Gasteiger partial charge in [0.25, 0.3) is 0 Å². The molecule has 82 valence electrons. The van der Waals surface area contributed by atoms with Gasteiger partial charge in [-0.1, -0.05) is 6.92 Å². The van der Waals surface area contributed by atoms with Gasteiger partial charge in [-0.25, -0.2) is 0 Å². The lowest BCUT2D eigenvalue weighted by Gasteiger charge is -2.46. The predicted octanol–water partition coefficient (Wildman–Crippen LogP) is 1.31. The Kier molecular flexibility index (Phi) is 2.85. The van der Waals surface area contributed by atoms with Crippen molar-refractivity contribution in [2.75, 3.05) is 19.7 Å². The molecule has 0 aromatic carbocycles. The normalized spacial score (nSPS) is 44.1. The van der Waals surface area contributed by atoms with Crippen LogP contribution in [0.25, 0.3) is 0 Å². The molecule has 2 aliphatic rings. The molecule has 0 unspecified atom stereocenters. The van der Waals surface area contributed by atoms with E-state index in [0.29, 0.717) is 5.41 Å². The van der Waals surface area contributed by atoms with Gasteiger partial charge in [-0.3, -0.25) is 0 Å². The Labute approximate surface area is 87.4 Å². The van der Waals surface area contributed by atoms with E-state index in [9.17, 15) is 0 Å². The van der Waals surface area contributed by atoms with E-state index in [2.05, 4.69) is 19.2 Å². The van der Waals surface area contributed by atoms with E-state index in [-0.39, 0.29) is 5.60 Å².